The van der Waals surface area contributed by atoms with E-state index in [9.17, 15) is 0 Å². The second-order valence-electron chi connectivity index (χ2n) is 6.64. The Balaban J connectivity index is 1.69. The first-order valence-corrected chi connectivity index (χ1v) is 7.57. The highest BCUT2D eigenvalue weighted by molar-refractivity contribution is 4.98. The Kier molecular flexibility index (Phi) is 4.47. The quantitative estimate of drug-likeness (QED) is 0.571. The molecule has 3 heterocycles. The molecule has 2 unspecified atom stereocenters. The summed E-state index contributed by atoms with van der Waals surface area (Å²) in [5.41, 5.74) is 0. The number of ether oxygens (including phenoxy) is 6. The molecule has 0 aromatic carbocycles. The molecule has 3 aliphatic heterocycles. The molecule has 0 amide bonds. The van der Waals surface area contributed by atoms with Crippen LogP contribution < -0.4 is 5.90 Å². The van der Waals surface area contributed by atoms with Crippen LogP contribution in [-0.2, 0) is 33.3 Å². The Bertz CT molecular complexity index is 403. The topological polar surface area (TPSA) is 90.6 Å². The van der Waals surface area contributed by atoms with E-state index >= 15 is 0 Å². The Hall–Kier alpha value is -0.320. The van der Waals surface area contributed by atoms with Crippen LogP contribution in [0, 0.1) is 0 Å². The first-order chi connectivity index (χ1) is 10.3. The van der Waals surface area contributed by atoms with Gasteiger partial charge in [-0.05, 0) is 27.7 Å². The number of rotatable bonds is 5. The summed E-state index contributed by atoms with van der Waals surface area (Å²) >= 11 is 0. The van der Waals surface area contributed by atoms with Gasteiger partial charge in [-0.3, -0.25) is 0 Å². The van der Waals surface area contributed by atoms with Crippen molar-refractivity contribution < 1.29 is 33.3 Å². The van der Waals surface area contributed by atoms with Crippen molar-refractivity contribution in [2.24, 2.45) is 5.90 Å². The van der Waals surface area contributed by atoms with Crippen LogP contribution in [0.2, 0.25) is 0 Å². The smallest absolute Gasteiger partial charge is 0.190 e. The molecular formula is C14H25NO7. The van der Waals surface area contributed by atoms with Crippen LogP contribution in [0.4, 0.5) is 0 Å². The van der Waals surface area contributed by atoms with Gasteiger partial charge >= 0.3 is 0 Å². The summed E-state index contributed by atoms with van der Waals surface area (Å²) in [6.07, 6.45) is -1.68. The monoisotopic (exact) mass is 319 g/mol. The lowest BCUT2D eigenvalue weighted by Crippen LogP contribution is -2.44. The number of fused-ring (bicyclic) bond motifs is 1. The highest BCUT2D eigenvalue weighted by atomic mass is 16.8. The van der Waals surface area contributed by atoms with Crippen LogP contribution in [0.15, 0.2) is 0 Å². The van der Waals surface area contributed by atoms with Crippen molar-refractivity contribution in [3.63, 3.8) is 0 Å². The molecule has 5 atom stereocenters. The molecule has 8 heteroatoms. The molecule has 3 saturated heterocycles. The summed E-state index contributed by atoms with van der Waals surface area (Å²) < 4.78 is 35.1. The Morgan fingerprint density at radius 2 is 1.77 bits per heavy atom. The third-order valence-electron chi connectivity index (χ3n) is 3.94. The largest absolute Gasteiger partial charge is 0.370 e. The molecule has 0 bridgehead atoms. The van der Waals surface area contributed by atoms with Gasteiger partial charge in [0.1, 0.15) is 24.4 Å². The second-order valence-corrected chi connectivity index (χ2v) is 6.64. The third-order valence-corrected chi connectivity index (χ3v) is 3.94. The fourth-order valence-corrected chi connectivity index (χ4v) is 3.10. The zero-order valence-corrected chi connectivity index (χ0v) is 13.4. The van der Waals surface area contributed by atoms with E-state index in [1.54, 1.807) is 0 Å². The van der Waals surface area contributed by atoms with E-state index in [2.05, 4.69) is 4.84 Å². The lowest BCUT2D eigenvalue weighted by Gasteiger charge is -2.29. The van der Waals surface area contributed by atoms with Crippen molar-refractivity contribution in [2.45, 2.75) is 70.0 Å². The maximum atomic E-state index is 5.99. The summed E-state index contributed by atoms with van der Waals surface area (Å²) in [5, 5.41) is 0. The maximum absolute atomic E-state index is 5.99. The number of nitrogens with two attached hydrogens (primary N) is 1. The molecule has 0 aromatic rings. The van der Waals surface area contributed by atoms with Gasteiger partial charge in [0.05, 0.1) is 19.8 Å². The van der Waals surface area contributed by atoms with Gasteiger partial charge in [0.25, 0.3) is 0 Å². The molecule has 3 aliphatic rings. The molecule has 0 spiro atoms. The Morgan fingerprint density at radius 3 is 2.41 bits per heavy atom. The van der Waals surface area contributed by atoms with Gasteiger partial charge in [-0.25, -0.2) is 5.90 Å². The standard InChI is InChI=1S/C14H25NO7/c1-13(2)17-7-8(20-13)9-10(16-5-6-18-15)11-12(19-9)22-14(3,4)21-11/h8-12H,5-7,15H2,1-4H3/t8?,9-,10-,11?,12-/m1/s1. The van der Waals surface area contributed by atoms with Gasteiger partial charge < -0.3 is 33.3 Å². The van der Waals surface area contributed by atoms with Gasteiger partial charge in [-0.2, -0.15) is 0 Å². The van der Waals surface area contributed by atoms with Gasteiger partial charge in [0.2, 0.25) is 0 Å². The van der Waals surface area contributed by atoms with E-state index in [1.165, 1.54) is 0 Å². The molecule has 2 N–H and O–H groups in total. The van der Waals surface area contributed by atoms with Gasteiger partial charge in [-0.15, -0.1) is 0 Å². The lowest BCUT2D eigenvalue weighted by molar-refractivity contribution is -0.236. The van der Waals surface area contributed by atoms with Gasteiger partial charge in [0.15, 0.2) is 17.9 Å². The first-order valence-electron chi connectivity index (χ1n) is 7.57. The molecular weight excluding hydrogens is 294 g/mol. The summed E-state index contributed by atoms with van der Waals surface area (Å²) in [7, 11) is 0. The molecule has 3 rings (SSSR count). The zero-order chi connectivity index (χ0) is 16.0. The normalized spacial score (nSPS) is 42.7. The van der Waals surface area contributed by atoms with Crippen molar-refractivity contribution in [2.75, 3.05) is 19.8 Å². The second kappa shape index (κ2) is 5.95. The van der Waals surface area contributed by atoms with Gasteiger partial charge in [-0.1, -0.05) is 0 Å². The zero-order valence-electron chi connectivity index (χ0n) is 13.4. The van der Waals surface area contributed by atoms with Crippen molar-refractivity contribution in [3.05, 3.63) is 0 Å². The predicted octanol–water partition coefficient (Wildman–Crippen LogP) is 0.290. The van der Waals surface area contributed by atoms with Crippen molar-refractivity contribution >= 4 is 0 Å². The first kappa shape index (κ1) is 16.5. The highest BCUT2D eigenvalue weighted by Gasteiger charge is 2.58. The van der Waals surface area contributed by atoms with Crippen LogP contribution in [0.3, 0.4) is 0 Å². The average molecular weight is 319 g/mol. The molecule has 0 aliphatic carbocycles. The number of hydrogen-bond acceptors (Lipinski definition) is 8. The molecule has 0 aromatic heterocycles. The van der Waals surface area contributed by atoms with E-state index in [1.807, 2.05) is 27.7 Å². The van der Waals surface area contributed by atoms with Gasteiger partial charge in [0, 0.05) is 0 Å². The Morgan fingerprint density at radius 1 is 1.00 bits per heavy atom. The highest BCUT2D eigenvalue weighted by Crippen LogP contribution is 2.41. The fraction of sp³-hybridized carbons (Fsp3) is 1.00. The molecule has 0 saturated carbocycles. The average Bonchev–Trinajstić information content (AvgIpc) is 3.01. The van der Waals surface area contributed by atoms with Crippen molar-refractivity contribution in [1.82, 2.24) is 0 Å². The summed E-state index contributed by atoms with van der Waals surface area (Å²) in [6.45, 7) is 8.51. The van der Waals surface area contributed by atoms with Crippen LogP contribution in [0.1, 0.15) is 27.7 Å². The minimum absolute atomic E-state index is 0.236. The summed E-state index contributed by atoms with van der Waals surface area (Å²) in [4.78, 5) is 4.55. The van der Waals surface area contributed by atoms with Crippen LogP contribution in [0.5, 0.6) is 0 Å². The summed E-state index contributed by atoms with van der Waals surface area (Å²) in [6, 6.07) is 0. The number of hydrogen-bond donors (Lipinski definition) is 1. The van der Waals surface area contributed by atoms with Crippen LogP contribution >= 0.6 is 0 Å². The van der Waals surface area contributed by atoms with Crippen molar-refractivity contribution in [1.29, 1.82) is 0 Å². The molecule has 22 heavy (non-hydrogen) atoms. The lowest BCUT2D eigenvalue weighted by atomic mass is 10.1. The minimum atomic E-state index is -0.696. The predicted molar refractivity (Wildman–Crippen MR) is 73.5 cm³/mol. The van der Waals surface area contributed by atoms with Crippen LogP contribution in [0.25, 0.3) is 0 Å². The maximum Gasteiger partial charge on any atom is 0.190 e. The summed E-state index contributed by atoms with van der Waals surface area (Å²) in [5.74, 6) is 3.72. The van der Waals surface area contributed by atoms with Crippen LogP contribution in [-0.4, -0.2) is 62.1 Å². The van der Waals surface area contributed by atoms with E-state index < -0.39 is 17.9 Å². The molecule has 8 nitrogen and oxygen atoms in total. The molecule has 3 fully saturated rings. The fourth-order valence-electron chi connectivity index (χ4n) is 3.10. The third kappa shape index (κ3) is 3.29. The van der Waals surface area contributed by atoms with E-state index in [-0.39, 0.29) is 24.4 Å². The molecule has 128 valence electrons. The van der Waals surface area contributed by atoms with E-state index in [4.69, 9.17) is 34.3 Å². The van der Waals surface area contributed by atoms with E-state index in [0.29, 0.717) is 19.8 Å². The SMILES string of the molecule is CC1(C)OCC([C@H]2O[C@@H]3OC(C)(C)OC3[C@@H]2OCCON)O1. The van der Waals surface area contributed by atoms with E-state index in [0.717, 1.165) is 0 Å². The molecule has 0 radical (unpaired) electrons. The van der Waals surface area contributed by atoms with Crippen molar-refractivity contribution in [3.8, 4) is 0 Å². The Labute approximate surface area is 130 Å². The minimum Gasteiger partial charge on any atom is -0.370 e.